The Morgan fingerprint density at radius 2 is 2.00 bits per heavy atom. The molecule has 0 atom stereocenters. The van der Waals surface area contributed by atoms with Gasteiger partial charge in [0.25, 0.3) is 0 Å². The van der Waals surface area contributed by atoms with Crippen LogP contribution in [-0.2, 0) is 0 Å². The largest absolute Gasteiger partial charge is 0.454 e. The van der Waals surface area contributed by atoms with Gasteiger partial charge in [-0.1, -0.05) is 17.6 Å². The fraction of sp³-hybridized carbons (Fsp3) is 0. The van der Waals surface area contributed by atoms with Gasteiger partial charge in [-0.3, -0.25) is 4.98 Å². The van der Waals surface area contributed by atoms with E-state index in [0.29, 0.717) is 0 Å². The van der Waals surface area contributed by atoms with Gasteiger partial charge < -0.3 is 4.42 Å². The topological polar surface area (TPSA) is 26.0 Å². The smallest absolute Gasteiger partial charge is 0.153 e. The molecule has 0 radical (unpaired) electrons. The van der Waals surface area contributed by atoms with Crippen molar-refractivity contribution in [1.29, 1.82) is 0 Å². The first-order valence-corrected chi connectivity index (χ1v) is 4.57. The zero-order valence-corrected chi connectivity index (χ0v) is 7.82. The number of hydrogen-bond acceptors (Lipinski definition) is 2. The third kappa shape index (κ3) is 0.955. The van der Waals surface area contributed by atoms with Gasteiger partial charge in [-0.25, -0.2) is 0 Å². The molecule has 3 rings (SSSR count). The summed E-state index contributed by atoms with van der Waals surface area (Å²) < 4.78 is 5.64. The second kappa shape index (κ2) is 2.61. The normalized spacial score (nSPS) is 11.1. The van der Waals surface area contributed by atoms with Crippen LogP contribution < -0.4 is 5.46 Å². The van der Waals surface area contributed by atoms with Crippen LogP contribution in [0.2, 0.25) is 0 Å². The highest BCUT2D eigenvalue weighted by molar-refractivity contribution is 6.33. The van der Waals surface area contributed by atoms with Gasteiger partial charge in [0.2, 0.25) is 0 Å². The average molecular weight is 181 g/mol. The number of furan rings is 1. The summed E-state index contributed by atoms with van der Waals surface area (Å²) in [5, 5.41) is 2.31. The van der Waals surface area contributed by atoms with E-state index in [4.69, 9.17) is 4.42 Å². The summed E-state index contributed by atoms with van der Waals surface area (Å²) in [5.74, 6) is 0. The van der Waals surface area contributed by atoms with E-state index in [1.54, 1.807) is 12.4 Å². The summed E-state index contributed by atoms with van der Waals surface area (Å²) in [6.45, 7) is 0. The molecule has 0 amide bonds. The van der Waals surface area contributed by atoms with E-state index < -0.39 is 0 Å². The highest BCUT2D eigenvalue weighted by atomic mass is 16.3. The lowest BCUT2D eigenvalue weighted by atomic mass is 9.95. The molecule has 0 saturated carbocycles. The Morgan fingerprint density at radius 1 is 1.07 bits per heavy atom. The molecule has 0 N–H and O–H groups in total. The van der Waals surface area contributed by atoms with Gasteiger partial charge in [0, 0.05) is 17.0 Å². The summed E-state index contributed by atoms with van der Waals surface area (Å²) in [5.41, 5.74) is 3.03. The van der Waals surface area contributed by atoms with Crippen molar-refractivity contribution in [3.8, 4) is 0 Å². The number of pyridine rings is 1. The molecule has 0 unspecified atom stereocenters. The standard InChI is InChI=1S/C11H8BNO/c12-7-1-2-10-9(5-7)8-3-4-13-6-11(8)14-10/h1-6H,12H2. The van der Waals surface area contributed by atoms with E-state index in [1.165, 1.54) is 10.8 Å². The summed E-state index contributed by atoms with van der Waals surface area (Å²) in [7, 11) is 2.08. The molecule has 1 aromatic carbocycles. The first kappa shape index (κ1) is 7.62. The third-order valence-electron chi connectivity index (χ3n) is 2.43. The molecule has 0 aliphatic carbocycles. The van der Waals surface area contributed by atoms with Gasteiger partial charge in [0.05, 0.1) is 6.20 Å². The molecule has 0 aliphatic rings. The molecule has 0 aliphatic heterocycles. The lowest BCUT2D eigenvalue weighted by molar-refractivity contribution is 0.667. The molecule has 2 heterocycles. The Labute approximate surface area is 82.0 Å². The van der Waals surface area contributed by atoms with Gasteiger partial charge in [-0.2, -0.15) is 0 Å². The fourth-order valence-electron chi connectivity index (χ4n) is 1.75. The van der Waals surface area contributed by atoms with Crippen molar-refractivity contribution in [2.24, 2.45) is 0 Å². The second-order valence-corrected chi connectivity index (χ2v) is 3.47. The molecular weight excluding hydrogens is 173 g/mol. The van der Waals surface area contributed by atoms with Crippen molar-refractivity contribution in [2.75, 3.05) is 0 Å². The summed E-state index contributed by atoms with van der Waals surface area (Å²) in [6, 6.07) is 8.19. The van der Waals surface area contributed by atoms with Crippen molar-refractivity contribution in [2.45, 2.75) is 0 Å². The van der Waals surface area contributed by atoms with E-state index in [-0.39, 0.29) is 0 Å². The predicted molar refractivity (Wildman–Crippen MR) is 59.7 cm³/mol. The monoisotopic (exact) mass is 181 g/mol. The maximum absolute atomic E-state index is 5.64. The highest BCUT2D eigenvalue weighted by Gasteiger charge is 2.05. The van der Waals surface area contributed by atoms with Crippen molar-refractivity contribution >= 4 is 35.2 Å². The summed E-state index contributed by atoms with van der Waals surface area (Å²) >= 11 is 0. The van der Waals surface area contributed by atoms with Crippen molar-refractivity contribution < 1.29 is 4.42 Å². The fourth-order valence-corrected chi connectivity index (χ4v) is 1.75. The molecule has 0 bridgehead atoms. The lowest BCUT2D eigenvalue weighted by Gasteiger charge is -1.90. The minimum Gasteiger partial charge on any atom is -0.454 e. The number of benzene rings is 1. The third-order valence-corrected chi connectivity index (χ3v) is 2.43. The Kier molecular flexibility index (Phi) is 1.42. The minimum absolute atomic E-state index is 0.855. The molecule has 2 aromatic heterocycles. The van der Waals surface area contributed by atoms with Crippen molar-refractivity contribution in [3.05, 3.63) is 36.7 Å². The summed E-state index contributed by atoms with van der Waals surface area (Å²) in [4.78, 5) is 4.04. The minimum atomic E-state index is 0.855. The van der Waals surface area contributed by atoms with E-state index in [2.05, 4.69) is 25.0 Å². The van der Waals surface area contributed by atoms with Crippen LogP contribution in [0.4, 0.5) is 0 Å². The average Bonchev–Trinajstić information content (AvgIpc) is 2.56. The number of rotatable bonds is 0. The van der Waals surface area contributed by atoms with E-state index >= 15 is 0 Å². The first-order valence-electron chi connectivity index (χ1n) is 4.57. The molecule has 14 heavy (non-hydrogen) atoms. The molecule has 0 fully saturated rings. The number of fused-ring (bicyclic) bond motifs is 3. The SMILES string of the molecule is Bc1ccc2oc3cnccc3c2c1. The van der Waals surface area contributed by atoms with Gasteiger partial charge in [0.15, 0.2) is 5.58 Å². The zero-order valence-electron chi connectivity index (χ0n) is 7.82. The molecule has 3 aromatic rings. The zero-order chi connectivity index (χ0) is 9.54. The van der Waals surface area contributed by atoms with Gasteiger partial charge >= 0.3 is 0 Å². The molecule has 0 saturated heterocycles. The van der Waals surface area contributed by atoms with Crippen molar-refractivity contribution in [3.63, 3.8) is 0 Å². The van der Waals surface area contributed by atoms with Gasteiger partial charge in [-0.05, 0) is 12.1 Å². The van der Waals surface area contributed by atoms with Crippen LogP contribution in [0.15, 0.2) is 41.1 Å². The lowest BCUT2D eigenvalue weighted by Crippen LogP contribution is -1.98. The maximum atomic E-state index is 5.64. The van der Waals surface area contributed by atoms with Crippen LogP contribution >= 0.6 is 0 Å². The first-order chi connectivity index (χ1) is 6.84. The van der Waals surface area contributed by atoms with Crippen LogP contribution in [-0.4, -0.2) is 12.8 Å². The van der Waals surface area contributed by atoms with Crippen LogP contribution in [0.1, 0.15) is 0 Å². The van der Waals surface area contributed by atoms with Gasteiger partial charge in [0.1, 0.15) is 13.4 Å². The van der Waals surface area contributed by atoms with Gasteiger partial charge in [-0.15, -0.1) is 0 Å². The Morgan fingerprint density at radius 3 is 2.93 bits per heavy atom. The molecule has 0 spiro atoms. The van der Waals surface area contributed by atoms with Crippen LogP contribution in [0.25, 0.3) is 21.9 Å². The quantitative estimate of drug-likeness (QED) is 0.487. The van der Waals surface area contributed by atoms with Crippen LogP contribution in [0, 0.1) is 0 Å². The van der Waals surface area contributed by atoms with E-state index in [1.807, 2.05) is 12.1 Å². The molecule has 3 heteroatoms. The molecular formula is C11H8BNO. The Balaban J connectivity index is 2.58. The molecule has 66 valence electrons. The van der Waals surface area contributed by atoms with Crippen LogP contribution in [0.5, 0.6) is 0 Å². The van der Waals surface area contributed by atoms with Crippen LogP contribution in [0.3, 0.4) is 0 Å². The highest BCUT2D eigenvalue weighted by Crippen LogP contribution is 2.26. The Bertz CT molecular complexity index is 615. The Hall–Kier alpha value is -1.77. The second-order valence-electron chi connectivity index (χ2n) is 3.47. The number of hydrogen-bond donors (Lipinski definition) is 0. The van der Waals surface area contributed by atoms with Crippen molar-refractivity contribution in [1.82, 2.24) is 4.98 Å². The number of nitrogens with zero attached hydrogens (tertiary/aromatic N) is 1. The predicted octanol–water partition coefficient (Wildman–Crippen LogP) is 1.24. The number of aromatic nitrogens is 1. The van der Waals surface area contributed by atoms with E-state index in [9.17, 15) is 0 Å². The maximum Gasteiger partial charge on any atom is 0.153 e. The molecule has 2 nitrogen and oxygen atoms in total. The van der Waals surface area contributed by atoms with E-state index in [0.717, 1.165) is 16.6 Å². The summed E-state index contributed by atoms with van der Waals surface area (Å²) in [6.07, 6.45) is 3.55.